The molecule has 0 atom stereocenters. The van der Waals surface area contributed by atoms with Crippen molar-refractivity contribution in [1.29, 1.82) is 0 Å². The van der Waals surface area contributed by atoms with Gasteiger partial charge in [-0.1, -0.05) is 18.5 Å². The zero-order valence-electron chi connectivity index (χ0n) is 10.9. The van der Waals surface area contributed by atoms with E-state index in [1.807, 2.05) is 12.3 Å². The van der Waals surface area contributed by atoms with Crippen LogP contribution in [0.25, 0.3) is 0 Å². The van der Waals surface area contributed by atoms with Crippen LogP contribution in [-0.2, 0) is 13.0 Å². The Morgan fingerprint density at radius 2 is 2.32 bits per heavy atom. The number of pyridine rings is 1. The van der Waals surface area contributed by atoms with Gasteiger partial charge in [-0.2, -0.15) is 0 Å². The lowest BCUT2D eigenvalue weighted by Gasteiger charge is -2.07. The van der Waals surface area contributed by atoms with Crippen LogP contribution in [0.1, 0.15) is 33.4 Å². The van der Waals surface area contributed by atoms with Gasteiger partial charge in [0.05, 0.1) is 17.1 Å². The summed E-state index contributed by atoms with van der Waals surface area (Å²) in [6, 6.07) is 3.78. The highest BCUT2D eigenvalue weighted by Crippen LogP contribution is 2.18. The van der Waals surface area contributed by atoms with E-state index in [1.54, 1.807) is 17.4 Å². The topological polar surface area (TPSA) is 42.0 Å². The number of nitrogens with one attached hydrogen (secondary N) is 1. The van der Waals surface area contributed by atoms with E-state index in [1.165, 1.54) is 16.6 Å². The van der Waals surface area contributed by atoms with Crippen LogP contribution >= 0.6 is 22.9 Å². The molecular formula is C14H15ClN2OS. The van der Waals surface area contributed by atoms with E-state index in [4.69, 9.17) is 11.6 Å². The molecule has 5 heteroatoms. The van der Waals surface area contributed by atoms with E-state index in [0.29, 0.717) is 17.1 Å². The van der Waals surface area contributed by atoms with Crippen molar-refractivity contribution in [2.24, 2.45) is 0 Å². The molecule has 0 aliphatic rings. The normalized spacial score (nSPS) is 10.5. The van der Waals surface area contributed by atoms with Gasteiger partial charge in [-0.3, -0.25) is 9.78 Å². The van der Waals surface area contributed by atoms with Crippen LogP contribution in [0.15, 0.2) is 23.7 Å². The molecule has 0 fully saturated rings. The van der Waals surface area contributed by atoms with E-state index in [9.17, 15) is 4.79 Å². The minimum absolute atomic E-state index is 0.187. The number of aryl methyl sites for hydroxylation is 2. The Balaban J connectivity index is 2.05. The predicted octanol–water partition coefficient (Wildman–Crippen LogP) is 3.60. The van der Waals surface area contributed by atoms with Gasteiger partial charge in [-0.25, -0.2) is 0 Å². The molecule has 0 spiro atoms. The highest BCUT2D eigenvalue weighted by molar-refractivity contribution is 7.10. The van der Waals surface area contributed by atoms with Gasteiger partial charge < -0.3 is 5.32 Å². The molecule has 2 rings (SSSR count). The summed E-state index contributed by atoms with van der Waals surface area (Å²) in [6.07, 6.45) is 2.49. The lowest BCUT2D eigenvalue weighted by molar-refractivity contribution is 0.0951. The number of carbonyl (C=O) groups is 1. The molecule has 2 aromatic heterocycles. The molecule has 2 heterocycles. The van der Waals surface area contributed by atoms with Crippen molar-refractivity contribution in [3.63, 3.8) is 0 Å². The van der Waals surface area contributed by atoms with Crippen LogP contribution in [-0.4, -0.2) is 10.9 Å². The van der Waals surface area contributed by atoms with Crippen LogP contribution in [0, 0.1) is 6.92 Å². The summed E-state index contributed by atoms with van der Waals surface area (Å²) >= 11 is 7.70. The average Bonchev–Trinajstić information content (AvgIpc) is 2.83. The van der Waals surface area contributed by atoms with Crippen molar-refractivity contribution in [3.05, 3.63) is 50.4 Å². The third-order valence-corrected chi connectivity index (χ3v) is 4.14. The van der Waals surface area contributed by atoms with Gasteiger partial charge in [0.25, 0.3) is 5.91 Å². The number of amides is 1. The van der Waals surface area contributed by atoms with Gasteiger partial charge in [-0.05, 0) is 36.4 Å². The van der Waals surface area contributed by atoms with Crippen molar-refractivity contribution in [3.8, 4) is 0 Å². The van der Waals surface area contributed by atoms with E-state index >= 15 is 0 Å². The second-order valence-electron chi connectivity index (χ2n) is 4.21. The first-order valence-electron chi connectivity index (χ1n) is 6.07. The lowest BCUT2D eigenvalue weighted by Crippen LogP contribution is -2.23. The molecule has 0 radical (unpaired) electrons. The predicted molar refractivity (Wildman–Crippen MR) is 78.9 cm³/mol. The second-order valence-corrected chi connectivity index (χ2v) is 5.62. The Kier molecular flexibility index (Phi) is 4.56. The van der Waals surface area contributed by atoms with Crippen LogP contribution in [0.3, 0.4) is 0 Å². The zero-order chi connectivity index (χ0) is 13.8. The maximum absolute atomic E-state index is 12.0. The fraction of sp³-hybridized carbons (Fsp3) is 0.286. The lowest BCUT2D eigenvalue weighted by atomic mass is 10.2. The molecule has 0 aliphatic heterocycles. The molecule has 1 amide bonds. The van der Waals surface area contributed by atoms with Crippen LogP contribution in [0.2, 0.25) is 5.02 Å². The Morgan fingerprint density at radius 1 is 1.53 bits per heavy atom. The largest absolute Gasteiger partial charge is 0.347 e. The summed E-state index contributed by atoms with van der Waals surface area (Å²) in [6.45, 7) is 4.48. The van der Waals surface area contributed by atoms with E-state index in [-0.39, 0.29) is 5.91 Å². The Labute approximate surface area is 121 Å². The first-order valence-corrected chi connectivity index (χ1v) is 7.33. The summed E-state index contributed by atoms with van der Waals surface area (Å²) in [5.41, 5.74) is 2.49. The molecule has 0 aromatic carbocycles. The summed E-state index contributed by atoms with van der Waals surface area (Å²) in [5, 5.41) is 5.36. The minimum Gasteiger partial charge on any atom is -0.347 e. The molecular weight excluding hydrogens is 280 g/mol. The van der Waals surface area contributed by atoms with Crippen molar-refractivity contribution < 1.29 is 4.79 Å². The third-order valence-electron chi connectivity index (χ3n) is 2.86. The number of hydrogen-bond acceptors (Lipinski definition) is 3. The molecule has 0 saturated heterocycles. The molecule has 3 nitrogen and oxygen atoms in total. The van der Waals surface area contributed by atoms with E-state index in [2.05, 4.69) is 23.3 Å². The molecule has 0 aliphatic carbocycles. The maximum atomic E-state index is 12.0. The zero-order valence-corrected chi connectivity index (χ0v) is 12.4. The van der Waals surface area contributed by atoms with Crippen molar-refractivity contribution >= 4 is 28.8 Å². The van der Waals surface area contributed by atoms with Crippen molar-refractivity contribution in [2.75, 3.05) is 0 Å². The third kappa shape index (κ3) is 3.33. The van der Waals surface area contributed by atoms with E-state index < -0.39 is 0 Å². The standard InChI is InChI=1S/C14H15ClN2OS/c1-3-10-4-5-19-13(10)8-17-14(18)11-7-16-9(2)6-12(11)15/h4-7H,3,8H2,1-2H3,(H,17,18). The Bertz CT molecular complexity index is 595. The van der Waals surface area contributed by atoms with Crippen LogP contribution < -0.4 is 5.32 Å². The SMILES string of the molecule is CCc1ccsc1CNC(=O)c1cnc(C)cc1Cl. The van der Waals surface area contributed by atoms with Crippen molar-refractivity contribution in [2.45, 2.75) is 26.8 Å². The molecule has 19 heavy (non-hydrogen) atoms. The number of aromatic nitrogens is 1. The smallest absolute Gasteiger partial charge is 0.254 e. The molecule has 2 aromatic rings. The summed E-state index contributed by atoms with van der Waals surface area (Å²) in [7, 11) is 0. The Morgan fingerprint density at radius 3 is 3.00 bits per heavy atom. The number of thiophene rings is 1. The molecule has 0 bridgehead atoms. The molecule has 0 saturated carbocycles. The number of nitrogens with zero attached hydrogens (tertiary/aromatic N) is 1. The van der Waals surface area contributed by atoms with Gasteiger partial charge in [0.15, 0.2) is 0 Å². The first kappa shape index (κ1) is 14.0. The number of hydrogen-bond donors (Lipinski definition) is 1. The summed E-state index contributed by atoms with van der Waals surface area (Å²) < 4.78 is 0. The highest BCUT2D eigenvalue weighted by Gasteiger charge is 2.12. The van der Waals surface area contributed by atoms with Gasteiger partial charge in [0, 0.05) is 16.8 Å². The van der Waals surface area contributed by atoms with Gasteiger partial charge >= 0.3 is 0 Å². The fourth-order valence-electron chi connectivity index (χ4n) is 1.79. The van der Waals surface area contributed by atoms with Crippen LogP contribution in [0.5, 0.6) is 0 Å². The minimum atomic E-state index is -0.187. The Hall–Kier alpha value is -1.39. The van der Waals surface area contributed by atoms with Gasteiger partial charge in [-0.15, -0.1) is 11.3 Å². The number of carbonyl (C=O) groups excluding carboxylic acids is 1. The molecule has 100 valence electrons. The summed E-state index contributed by atoms with van der Waals surface area (Å²) in [5.74, 6) is -0.187. The van der Waals surface area contributed by atoms with Gasteiger partial charge in [0.2, 0.25) is 0 Å². The van der Waals surface area contributed by atoms with E-state index in [0.717, 1.165) is 12.1 Å². The van der Waals surface area contributed by atoms with Crippen LogP contribution in [0.4, 0.5) is 0 Å². The molecule has 1 N–H and O–H groups in total. The average molecular weight is 295 g/mol. The molecule has 0 unspecified atom stereocenters. The fourth-order valence-corrected chi connectivity index (χ4v) is 2.99. The summed E-state index contributed by atoms with van der Waals surface area (Å²) in [4.78, 5) is 17.3. The maximum Gasteiger partial charge on any atom is 0.254 e. The van der Waals surface area contributed by atoms with Gasteiger partial charge in [0.1, 0.15) is 0 Å². The number of halogens is 1. The highest BCUT2D eigenvalue weighted by atomic mass is 35.5. The monoisotopic (exact) mass is 294 g/mol. The number of rotatable bonds is 4. The second kappa shape index (κ2) is 6.17. The first-order chi connectivity index (χ1) is 9.11. The van der Waals surface area contributed by atoms with Crippen molar-refractivity contribution in [1.82, 2.24) is 10.3 Å². The quantitative estimate of drug-likeness (QED) is 0.936.